The Morgan fingerprint density at radius 1 is 0.714 bits per heavy atom. The van der Waals surface area contributed by atoms with Crippen molar-refractivity contribution in [3.8, 4) is 11.5 Å². The Hall–Kier alpha value is -2.29. The average molecular weight is 385 g/mol. The highest BCUT2D eigenvalue weighted by Crippen LogP contribution is 2.25. The van der Waals surface area contributed by atoms with Gasteiger partial charge in [-0.3, -0.25) is 0 Å². The third kappa shape index (κ3) is 10.8. The predicted octanol–water partition coefficient (Wildman–Crippen LogP) is 7.54. The summed E-state index contributed by atoms with van der Waals surface area (Å²) < 4.78 is 5.04. The lowest BCUT2D eigenvalue weighted by Crippen LogP contribution is -2.08. The lowest BCUT2D eigenvalue weighted by Gasteiger charge is -2.05. The van der Waals surface area contributed by atoms with Gasteiger partial charge in [-0.1, -0.05) is 108 Å². The molecule has 0 fully saturated rings. The van der Waals surface area contributed by atoms with Crippen LogP contribution in [-0.2, 0) is 0 Å². The number of phenolic OH excluding ortho intramolecular Hbond substituents is 1. The van der Waals surface area contributed by atoms with Crippen LogP contribution in [0.3, 0.4) is 0 Å². The molecule has 0 amide bonds. The molecule has 3 heteroatoms. The fourth-order valence-corrected chi connectivity index (χ4v) is 2.84. The number of rotatable bonds is 11. The van der Waals surface area contributed by atoms with Gasteiger partial charge in [0, 0.05) is 0 Å². The minimum atomic E-state index is -0.484. The number of hydrogen-bond acceptors (Lipinski definition) is 3. The molecule has 0 aliphatic heterocycles. The average Bonchev–Trinajstić information content (AvgIpc) is 2.73. The van der Waals surface area contributed by atoms with Gasteiger partial charge in [0.05, 0.1) is 5.56 Å². The van der Waals surface area contributed by atoms with Crippen molar-refractivity contribution in [1.29, 1.82) is 0 Å². The molecule has 1 N–H and O–H groups in total. The monoisotopic (exact) mass is 384 g/mol. The van der Waals surface area contributed by atoms with E-state index in [0.29, 0.717) is 5.56 Å². The molecule has 0 spiro atoms. The Labute approximate surface area is 170 Å². The van der Waals surface area contributed by atoms with Gasteiger partial charge in [-0.15, -0.1) is 0 Å². The van der Waals surface area contributed by atoms with Crippen LogP contribution in [0.2, 0.25) is 0 Å². The number of unbranched alkanes of at least 4 members (excludes halogenated alkanes) is 9. The summed E-state index contributed by atoms with van der Waals surface area (Å²) in [7, 11) is 0. The molecule has 3 nitrogen and oxygen atoms in total. The van der Waals surface area contributed by atoms with E-state index in [9.17, 15) is 9.90 Å². The molecule has 0 saturated carbocycles. The van der Waals surface area contributed by atoms with E-state index in [-0.39, 0.29) is 11.5 Å². The first-order chi connectivity index (χ1) is 13.7. The number of hydrogen-bond donors (Lipinski definition) is 1. The molecule has 0 heterocycles. The lowest BCUT2D eigenvalue weighted by molar-refractivity contribution is 0.0729. The second kappa shape index (κ2) is 15.7. The van der Waals surface area contributed by atoms with Gasteiger partial charge in [0.25, 0.3) is 0 Å². The van der Waals surface area contributed by atoms with E-state index in [2.05, 4.69) is 13.8 Å². The zero-order chi connectivity index (χ0) is 20.5. The van der Waals surface area contributed by atoms with Crippen LogP contribution in [0.15, 0.2) is 54.6 Å². The fourth-order valence-electron chi connectivity index (χ4n) is 2.84. The second-order valence-corrected chi connectivity index (χ2v) is 7.05. The molecule has 0 unspecified atom stereocenters. The van der Waals surface area contributed by atoms with Gasteiger partial charge in [-0.2, -0.15) is 0 Å². The molecule has 154 valence electrons. The number of para-hydroxylation sites is 2. The second-order valence-electron chi connectivity index (χ2n) is 7.05. The van der Waals surface area contributed by atoms with Crippen molar-refractivity contribution in [2.45, 2.75) is 78.1 Å². The number of ether oxygens (including phenoxy) is 1. The van der Waals surface area contributed by atoms with Crippen LogP contribution in [0.4, 0.5) is 0 Å². The van der Waals surface area contributed by atoms with Crippen molar-refractivity contribution in [2.24, 2.45) is 0 Å². The maximum Gasteiger partial charge on any atom is 0.343 e. The van der Waals surface area contributed by atoms with Gasteiger partial charge < -0.3 is 9.84 Å². The molecule has 2 rings (SSSR count). The fraction of sp³-hybridized carbons (Fsp3) is 0.480. The van der Waals surface area contributed by atoms with Crippen molar-refractivity contribution < 1.29 is 14.6 Å². The van der Waals surface area contributed by atoms with Crippen molar-refractivity contribution in [1.82, 2.24) is 0 Å². The minimum absolute atomic E-state index is 0.0493. The summed E-state index contributed by atoms with van der Waals surface area (Å²) in [4.78, 5) is 11.6. The van der Waals surface area contributed by atoms with Crippen molar-refractivity contribution >= 4 is 5.97 Å². The number of esters is 1. The molecule has 0 saturated heterocycles. The normalized spacial score (nSPS) is 10.1. The van der Waals surface area contributed by atoms with Crippen LogP contribution in [0.1, 0.15) is 88.4 Å². The van der Waals surface area contributed by atoms with Gasteiger partial charge in [0.2, 0.25) is 0 Å². The summed E-state index contributed by atoms with van der Waals surface area (Å²) in [6.07, 6.45) is 14.4. The van der Waals surface area contributed by atoms with Crippen molar-refractivity contribution in [2.75, 3.05) is 0 Å². The number of carbonyl (C=O) groups excluding carboxylic acids is 1. The van der Waals surface area contributed by atoms with E-state index in [1.807, 2.05) is 6.07 Å². The predicted molar refractivity (Wildman–Crippen MR) is 117 cm³/mol. The third-order valence-corrected chi connectivity index (χ3v) is 4.53. The van der Waals surface area contributed by atoms with Crippen LogP contribution < -0.4 is 4.74 Å². The zero-order valence-electron chi connectivity index (χ0n) is 17.5. The number of aromatic hydroxyl groups is 1. The molecule has 0 aliphatic carbocycles. The molecular weight excluding hydrogens is 348 g/mol. The van der Waals surface area contributed by atoms with Crippen LogP contribution in [0.25, 0.3) is 0 Å². The van der Waals surface area contributed by atoms with Crippen LogP contribution in [0, 0.1) is 0 Å². The first-order valence-electron chi connectivity index (χ1n) is 10.7. The Kier molecular flexibility index (Phi) is 13.3. The van der Waals surface area contributed by atoms with E-state index >= 15 is 0 Å². The Bertz CT molecular complexity index is 627. The lowest BCUT2D eigenvalue weighted by atomic mass is 10.1. The van der Waals surface area contributed by atoms with Crippen molar-refractivity contribution in [3.05, 3.63) is 60.2 Å². The van der Waals surface area contributed by atoms with E-state index in [1.165, 1.54) is 76.3 Å². The van der Waals surface area contributed by atoms with Gasteiger partial charge in [0.15, 0.2) is 11.5 Å². The summed E-state index contributed by atoms with van der Waals surface area (Å²) in [6.45, 7) is 4.56. The Morgan fingerprint density at radius 2 is 1.18 bits per heavy atom. The van der Waals surface area contributed by atoms with Crippen LogP contribution in [-0.4, -0.2) is 11.1 Å². The number of benzene rings is 2. The first kappa shape index (κ1) is 23.7. The number of phenols is 1. The summed E-state index contributed by atoms with van der Waals surface area (Å²) in [6, 6.07) is 15.0. The van der Waals surface area contributed by atoms with Gasteiger partial charge in [-0.05, 0) is 24.3 Å². The molecular formula is C25H36O3. The SMILES string of the molecule is CCCCCCCCCCCC.O=C(Oc1ccccc1O)c1ccccc1. The van der Waals surface area contributed by atoms with E-state index < -0.39 is 5.97 Å². The van der Waals surface area contributed by atoms with Gasteiger partial charge >= 0.3 is 5.97 Å². The van der Waals surface area contributed by atoms with Gasteiger partial charge in [0.1, 0.15) is 0 Å². The highest BCUT2D eigenvalue weighted by molar-refractivity contribution is 5.91. The van der Waals surface area contributed by atoms with Gasteiger partial charge in [-0.25, -0.2) is 4.79 Å². The number of carbonyl (C=O) groups is 1. The summed E-state index contributed by atoms with van der Waals surface area (Å²) in [5, 5.41) is 9.43. The summed E-state index contributed by atoms with van der Waals surface area (Å²) >= 11 is 0. The van der Waals surface area contributed by atoms with Crippen molar-refractivity contribution in [3.63, 3.8) is 0 Å². The van der Waals surface area contributed by atoms with E-state index in [0.717, 1.165) is 0 Å². The Morgan fingerprint density at radius 3 is 1.68 bits per heavy atom. The highest BCUT2D eigenvalue weighted by Gasteiger charge is 2.09. The highest BCUT2D eigenvalue weighted by atomic mass is 16.5. The quantitative estimate of drug-likeness (QED) is 0.247. The summed E-state index contributed by atoms with van der Waals surface area (Å²) in [5.41, 5.74) is 0.450. The minimum Gasteiger partial charge on any atom is -0.504 e. The van der Waals surface area contributed by atoms with E-state index in [4.69, 9.17) is 4.74 Å². The molecule has 0 radical (unpaired) electrons. The first-order valence-corrected chi connectivity index (χ1v) is 10.7. The van der Waals surface area contributed by atoms with Crippen LogP contribution in [0.5, 0.6) is 11.5 Å². The molecule has 28 heavy (non-hydrogen) atoms. The standard InChI is InChI=1S/C13H10O3.C12H26/c14-11-8-4-5-9-12(11)16-13(15)10-6-2-1-3-7-10;1-3-5-7-9-11-12-10-8-6-4-2/h1-9,14H;3-12H2,1-2H3. The van der Waals surface area contributed by atoms with E-state index in [1.54, 1.807) is 36.4 Å². The molecule has 0 aliphatic rings. The molecule has 0 bridgehead atoms. The third-order valence-electron chi connectivity index (χ3n) is 4.53. The van der Waals surface area contributed by atoms with Crippen LogP contribution >= 0.6 is 0 Å². The smallest absolute Gasteiger partial charge is 0.343 e. The molecule has 2 aromatic rings. The largest absolute Gasteiger partial charge is 0.504 e. The zero-order valence-corrected chi connectivity index (χ0v) is 17.5. The topological polar surface area (TPSA) is 46.5 Å². The molecule has 2 aromatic carbocycles. The Balaban J connectivity index is 0.000000295. The molecule has 0 atom stereocenters. The maximum atomic E-state index is 11.6. The molecule has 0 aromatic heterocycles. The maximum absolute atomic E-state index is 11.6. The summed E-state index contributed by atoms with van der Waals surface area (Å²) in [5.74, 6) is -0.370.